The van der Waals surface area contributed by atoms with Gasteiger partial charge in [0.1, 0.15) is 6.61 Å². The topological polar surface area (TPSA) is 45.0 Å². The van der Waals surface area contributed by atoms with E-state index >= 15 is 0 Å². The van der Waals surface area contributed by atoms with Crippen LogP contribution >= 0.6 is 0 Å². The first-order valence-corrected chi connectivity index (χ1v) is 5.16. The van der Waals surface area contributed by atoms with Crippen molar-refractivity contribution in [3.63, 3.8) is 0 Å². The normalized spacial score (nSPS) is 14.3. The van der Waals surface area contributed by atoms with E-state index < -0.39 is 18.6 Å². The van der Waals surface area contributed by atoms with Gasteiger partial charge in [-0.25, -0.2) is 8.78 Å². The number of halogens is 2. The van der Waals surface area contributed by atoms with E-state index in [0.717, 1.165) is 0 Å². The monoisotopic (exact) mass is 240 g/mol. The maximum absolute atomic E-state index is 12.0. The average Bonchev–Trinajstić information content (AvgIpc) is 2.36. The van der Waals surface area contributed by atoms with E-state index in [2.05, 4.69) is 11.4 Å². The van der Waals surface area contributed by atoms with E-state index in [9.17, 15) is 14.0 Å². The van der Waals surface area contributed by atoms with E-state index in [4.69, 9.17) is 4.74 Å². The van der Waals surface area contributed by atoms with Crippen LogP contribution in [0.3, 0.4) is 0 Å². The minimum atomic E-state index is -2.53. The molecule has 0 saturated carbocycles. The predicted molar refractivity (Wildman–Crippen MR) is 59.6 cm³/mol. The van der Waals surface area contributed by atoms with Gasteiger partial charge in [-0.2, -0.15) is 5.26 Å². The summed E-state index contributed by atoms with van der Waals surface area (Å²) in [6.45, 7) is -0.785. The molecule has 1 aromatic rings. The summed E-state index contributed by atoms with van der Waals surface area (Å²) in [6, 6.07) is 11.0. The summed E-state index contributed by atoms with van der Waals surface area (Å²) >= 11 is 0. The first-order chi connectivity index (χ1) is 8.14. The lowest BCUT2D eigenvalue weighted by molar-refractivity contribution is 0.000920. The average molecular weight is 240 g/mol. The lowest BCUT2D eigenvalue weighted by Gasteiger charge is -2.26. The SMILES string of the molecule is CNC(C#N)(COCC(F)F)c1ccccc1. The van der Waals surface area contributed by atoms with Crippen molar-refractivity contribution in [2.24, 2.45) is 0 Å². The Morgan fingerprint density at radius 3 is 2.53 bits per heavy atom. The largest absolute Gasteiger partial charge is 0.372 e. The molecule has 1 aromatic carbocycles. The second kappa shape index (κ2) is 6.28. The van der Waals surface area contributed by atoms with Crippen LogP contribution in [0, 0.1) is 11.3 Å². The zero-order valence-corrected chi connectivity index (χ0v) is 9.49. The molecule has 0 radical (unpaired) electrons. The molecule has 0 aromatic heterocycles. The number of benzene rings is 1. The smallest absolute Gasteiger partial charge is 0.261 e. The summed E-state index contributed by atoms with van der Waals surface area (Å²) in [5, 5.41) is 12.0. The number of alkyl halides is 2. The van der Waals surface area contributed by atoms with Crippen molar-refractivity contribution in [1.82, 2.24) is 5.32 Å². The summed E-state index contributed by atoms with van der Waals surface area (Å²) in [4.78, 5) is 0. The second-order valence-corrected chi connectivity index (χ2v) is 3.54. The van der Waals surface area contributed by atoms with Crippen molar-refractivity contribution in [2.45, 2.75) is 12.0 Å². The van der Waals surface area contributed by atoms with Gasteiger partial charge in [0.15, 0.2) is 5.54 Å². The van der Waals surface area contributed by atoms with Gasteiger partial charge in [-0.3, -0.25) is 5.32 Å². The van der Waals surface area contributed by atoms with Crippen LogP contribution in [-0.2, 0) is 10.3 Å². The number of rotatable bonds is 6. The Bertz CT molecular complexity index is 378. The number of nitrogens with zero attached hydrogens (tertiary/aromatic N) is 1. The molecule has 5 heteroatoms. The van der Waals surface area contributed by atoms with E-state index in [0.29, 0.717) is 5.56 Å². The molecule has 0 fully saturated rings. The minimum Gasteiger partial charge on any atom is -0.372 e. The van der Waals surface area contributed by atoms with Gasteiger partial charge in [0.05, 0.1) is 12.7 Å². The lowest BCUT2D eigenvalue weighted by Crippen LogP contribution is -2.43. The minimum absolute atomic E-state index is 0.117. The Hall–Kier alpha value is -1.51. The molecular formula is C12H14F2N2O. The Balaban J connectivity index is 2.80. The molecule has 0 saturated heterocycles. The van der Waals surface area contributed by atoms with Gasteiger partial charge < -0.3 is 4.74 Å². The van der Waals surface area contributed by atoms with Crippen LogP contribution in [0.5, 0.6) is 0 Å². The van der Waals surface area contributed by atoms with Crippen LogP contribution in [0.25, 0.3) is 0 Å². The molecule has 0 aliphatic rings. The first-order valence-electron chi connectivity index (χ1n) is 5.16. The fourth-order valence-electron chi connectivity index (χ4n) is 1.48. The van der Waals surface area contributed by atoms with Crippen LogP contribution in [0.15, 0.2) is 30.3 Å². The predicted octanol–water partition coefficient (Wildman–Crippen LogP) is 1.91. The van der Waals surface area contributed by atoms with Crippen molar-refractivity contribution in [3.8, 4) is 6.07 Å². The molecule has 3 nitrogen and oxygen atoms in total. The quantitative estimate of drug-likeness (QED) is 0.826. The van der Waals surface area contributed by atoms with Gasteiger partial charge in [-0.15, -0.1) is 0 Å². The molecule has 17 heavy (non-hydrogen) atoms. The van der Waals surface area contributed by atoms with Crippen molar-refractivity contribution in [3.05, 3.63) is 35.9 Å². The molecule has 1 N–H and O–H groups in total. The number of nitriles is 1. The summed E-state index contributed by atoms with van der Waals surface area (Å²) in [5.74, 6) is 0. The van der Waals surface area contributed by atoms with E-state index in [-0.39, 0.29) is 6.61 Å². The van der Waals surface area contributed by atoms with Crippen LogP contribution < -0.4 is 5.32 Å². The summed E-state index contributed by atoms with van der Waals surface area (Å²) in [6.07, 6.45) is -2.53. The second-order valence-electron chi connectivity index (χ2n) is 3.54. The number of hydrogen-bond donors (Lipinski definition) is 1. The third-order valence-corrected chi connectivity index (χ3v) is 2.45. The maximum atomic E-state index is 12.0. The molecule has 92 valence electrons. The van der Waals surface area contributed by atoms with Gasteiger partial charge >= 0.3 is 0 Å². The first kappa shape index (κ1) is 13.6. The van der Waals surface area contributed by atoms with E-state index in [1.54, 1.807) is 31.3 Å². The van der Waals surface area contributed by atoms with Gasteiger partial charge in [0.2, 0.25) is 0 Å². The number of ether oxygens (including phenoxy) is 1. The Morgan fingerprint density at radius 2 is 2.06 bits per heavy atom. The Morgan fingerprint density at radius 1 is 1.41 bits per heavy atom. The summed E-state index contributed by atoms with van der Waals surface area (Å²) < 4.78 is 28.8. The zero-order chi connectivity index (χ0) is 12.7. The number of nitrogens with one attached hydrogen (secondary N) is 1. The fourth-order valence-corrected chi connectivity index (χ4v) is 1.48. The van der Waals surface area contributed by atoms with Gasteiger partial charge in [-0.05, 0) is 12.6 Å². The highest BCUT2D eigenvalue weighted by Crippen LogP contribution is 2.20. The van der Waals surface area contributed by atoms with Crippen LogP contribution in [-0.4, -0.2) is 26.7 Å². The van der Waals surface area contributed by atoms with Crippen molar-refractivity contribution < 1.29 is 13.5 Å². The number of hydrogen-bond acceptors (Lipinski definition) is 3. The molecule has 0 aliphatic heterocycles. The highest BCUT2D eigenvalue weighted by atomic mass is 19.3. The molecule has 0 aliphatic carbocycles. The van der Waals surface area contributed by atoms with Crippen molar-refractivity contribution in [1.29, 1.82) is 5.26 Å². The van der Waals surface area contributed by atoms with Gasteiger partial charge in [-0.1, -0.05) is 30.3 Å². The third-order valence-electron chi connectivity index (χ3n) is 2.45. The maximum Gasteiger partial charge on any atom is 0.261 e. The van der Waals surface area contributed by atoms with E-state index in [1.165, 1.54) is 0 Å². The molecule has 1 atom stereocenters. The van der Waals surface area contributed by atoms with Crippen molar-refractivity contribution in [2.75, 3.05) is 20.3 Å². The van der Waals surface area contributed by atoms with Gasteiger partial charge in [0, 0.05) is 0 Å². The van der Waals surface area contributed by atoms with Crippen molar-refractivity contribution >= 4 is 0 Å². The molecule has 1 unspecified atom stereocenters. The highest BCUT2D eigenvalue weighted by Gasteiger charge is 2.31. The molecular weight excluding hydrogens is 226 g/mol. The van der Waals surface area contributed by atoms with Crippen LogP contribution in [0.1, 0.15) is 5.56 Å². The van der Waals surface area contributed by atoms with Crippen LogP contribution in [0.2, 0.25) is 0 Å². The standard InChI is InChI=1S/C12H14F2N2O/c1-16-12(8-15,9-17-7-11(13)14)10-5-3-2-4-6-10/h2-6,11,16H,7,9H2,1H3. The van der Waals surface area contributed by atoms with Crippen LogP contribution in [0.4, 0.5) is 8.78 Å². The fraction of sp³-hybridized carbons (Fsp3) is 0.417. The molecule has 1 rings (SSSR count). The molecule has 0 heterocycles. The number of likely N-dealkylation sites (N-methyl/N-ethyl adjacent to an activating group) is 1. The molecule has 0 bridgehead atoms. The van der Waals surface area contributed by atoms with E-state index in [1.807, 2.05) is 6.07 Å². The highest BCUT2D eigenvalue weighted by molar-refractivity contribution is 5.31. The lowest BCUT2D eigenvalue weighted by atomic mass is 9.92. The molecule has 0 spiro atoms. The van der Waals surface area contributed by atoms with Gasteiger partial charge in [0.25, 0.3) is 6.43 Å². The molecule has 0 amide bonds. The summed E-state index contributed by atoms with van der Waals surface area (Å²) in [5.41, 5.74) is -0.393. The zero-order valence-electron chi connectivity index (χ0n) is 9.49. The Labute approximate surface area is 99.0 Å². The third kappa shape index (κ3) is 3.48. The summed E-state index contributed by atoms with van der Waals surface area (Å²) in [7, 11) is 1.60. The Kier molecular flexibility index (Phi) is 5.01.